The van der Waals surface area contributed by atoms with Crippen molar-refractivity contribution in [1.82, 2.24) is 5.32 Å². The normalized spacial score (nSPS) is 11.1. The molecule has 0 heterocycles. The van der Waals surface area contributed by atoms with Gasteiger partial charge in [0.25, 0.3) is 5.69 Å². The average molecular weight is 426 g/mol. The topological polar surface area (TPSA) is 110 Å². The van der Waals surface area contributed by atoms with Crippen LogP contribution in [0.5, 0.6) is 0 Å². The van der Waals surface area contributed by atoms with Crippen molar-refractivity contribution < 1.29 is 18.1 Å². The number of aryl methyl sites for hydroxylation is 1. The van der Waals surface area contributed by atoms with Crippen LogP contribution in [-0.2, 0) is 21.2 Å². The van der Waals surface area contributed by atoms with Crippen LogP contribution in [0.15, 0.2) is 48.5 Å². The summed E-state index contributed by atoms with van der Waals surface area (Å²) in [6.45, 7) is -0.0883. The first-order valence-corrected chi connectivity index (χ1v) is 10.6. The van der Waals surface area contributed by atoms with Crippen LogP contribution in [0, 0.1) is 10.1 Å². The van der Waals surface area contributed by atoms with E-state index in [0.29, 0.717) is 18.0 Å². The SMILES string of the molecule is CS(=O)(=O)N(CC(=O)NCCCc1ccc(Cl)cc1)c1cccc([N+](=O)[O-])c1. The van der Waals surface area contributed by atoms with Crippen LogP contribution in [0.4, 0.5) is 11.4 Å². The number of benzene rings is 2. The number of nitro groups is 1. The van der Waals surface area contributed by atoms with Crippen LogP contribution in [0.1, 0.15) is 12.0 Å². The molecule has 2 aromatic rings. The van der Waals surface area contributed by atoms with E-state index in [1.54, 1.807) is 12.1 Å². The molecule has 0 aromatic heterocycles. The number of nitrogens with zero attached hydrogens (tertiary/aromatic N) is 2. The fourth-order valence-corrected chi connectivity index (χ4v) is 3.49. The van der Waals surface area contributed by atoms with Crippen molar-refractivity contribution in [3.8, 4) is 0 Å². The third kappa shape index (κ3) is 6.50. The summed E-state index contributed by atoms with van der Waals surface area (Å²) in [5, 5.41) is 14.2. The van der Waals surface area contributed by atoms with Crippen LogP contribution < -0.4 is 9.62 Å². The molecule has 1 N–H and O–H groups in total. The second kappa shape index (κ2) is 9.52. The van der Waals surface area contributed by atoms with Gasteiger partial charge in [0.2, 0.25) is 15.9 Å². The minimum absolute atomic E-state index is 0.0630. The standard InChI is InChI=1S/C18H20ClN3O5S/c1-28(26,27)21(16-5-2-6-17(12-16)22(24)25)13-18(23)20-11-3-4-14-7-9-15(19)10-8-14/h2,5-10,12H,3-4,11,13H2,1H3,(H,20,23). The van der Waals surface area contributed by atoms with Crippen molar-refractivity contribution in [3.63, 3.8) is 0 Å². The Kier molecular flexibility index (Phi) is 7.36. The van der Waals surface area contributed by atoms with Crippen LogP contribution in [-0.4, -0.2) is 38.6 Å². The number of sulfonamides is 1. The molecule has 0 fully saturated rings. The highest BCUT2D eigenvalue weighted by Gasteiger charge is 2.22. The van der Waals surface area contributed by atoms with Crippen LogP contribution in [0.2, 0.25) is 5.02 Å². The first-order valence-electron chi connectivity index (χ1n) is 8.40. The van der Waals surface area contributed by atoms with Crippen LogP contribution in [0.25, 0.3) is 0 Å². The number of anilines is 1. The largest absolute Gasteiger partial charge is 0.355 e. The monoisotopic (exact) mass is 425 g/mol. The third-order valence-corrected chi connectivity index (χ3v) is 5.29. The summed E-state index contributed by atoms with van der Waals surface area (Å²) in [5.74, 6) is -0.493. The van der Waals surface area contributed by atoms with Crippen molar-refractivity contribution in [3.05, 3.63) is 69.2 Å². The lowest BCUT2D eigenvalue weighted by atomic mass is 10.1. The van der Waals surface area contributed by atoms with Crippen molar-refractivity contribution >= 4 is 38.9 Å². The van der Waals surface area contributed by atoms with E-state index >= 15 is 0 Å². The Labute approximate surface area is 168 Å². The number of rotatable bonds is 9. The van der Waals surface area contributed by atoms with E-state index in [4.69, 9.17) is 11.6 Å². The van der Waals surface area contributed by atoms with Crippen molar-refractivity contribution in [2.75, 3.05) is 23.7 Å². The predicted molar refractivity (Wildman–Crippen MR) is 108 cm³/mol. The van der Waals surface area contributed by atoms with Gasteiger partial charge < -0.3 is 5.32 Å². The average Bonchev–Trinajstić information content (AvgIpc) is 2.64. The van der Waals surface area contributed by atoms with E-state index in [1.807, 2.05) is 12.1 Å². The molecule has 0 spiro atoms. The Morgan fingerprint density at radius 3 is 2.50 bits per heavy atom. The van der Waals surface area contributed by atoms with Gasteiger partial charge in [-0.25, -0.2) is 8.42 Å². The molecule has 0 radical (unpaired) electrons. The minimum Gasteiger partial charge on any atom is -0.355 e. The zero-order chi connectivity index (χ0) is 20.7. The van der Waals surface area contributed by atoms with Crippen LogP contribution in [0.3, 0.4) is 0 Å². The highest BCUT2D eigenvalue weighted by molar-refractivity contribution is 7.92. The van der Waals surface area contributed by atoms with Gasteiger partial charge in [-0.2, -0.15) is 0 Å². The molecular weight excluding hydrogens is 406 g/mol. The first kappa shape index (κ1) is 21.6. The fraction of sp³-hybridized carbons (Fsp3) is 0.278. The summed E-state index contributed by atoms with van der Waals surface area (Å²) in [7, 11) is -3.80. The molecule has 2 rings (SSSR count). The van der Waals surface area contributed by atoms with Crippen molar-refractivity contribution in [1.29, 1.82) is 0 Å². The van der Waals surface area contributed by atoms with Crippen molar-refractivity contribution in [2.24, 2.45) is 0 Å². The maximum atomic E-state index is 12.2. The summed E-state index contributed by atoms with van der Waals surface area (Å²) in [5.41, 5.74) is 0.885. The summed E-state index contributed by atoms with van der Waals surface area (Å²) >= 11 is 5.83. The number of hydrogen-bond acceptors (Lipinski definition) is 5. The smallest absolute Gasteiger partial charge is 0.271 e. The molecule has 0 aliphatic carbocycles. The molecule has 0 aliphatic rings. The van der Waals surface area contributed by atoms with E-state index in [-0.39, 0.29) is 11.4 Å². The molecule has 0 bridgehead atoms. The molecule has 0 saturated carbocycles. The van der Waals surface area contributed by atoms with E-state index in [9.17, 15) is 23.3 Å². The second-order valence-corrected chi connectivity index (χ2v) is 8.47. The van der Waals surface area contributed by atoms with E-state index in [0.717, 1.165) is 28.6 Å². The number of hydrogen-bond donors (Lipinski definition) is 1. The van der Waals surface area contributed by atoms with Gasteiger partial charge in [0.15, 0.2) is 0 Å². The highest BCUT2D eigenvalue weighted by atomic mass is 35.5. The Hall–Kier alpha value is -2.65. The molecule has 0 aliphatic heterocycles. The lowest BCUT2D eigenvalue weighted by Gasteiger charge is -2.21. The second-order valence-electron chi connectivity index (χ2n) is 6.13. The Balaban J connectivity index is 1.95. The maximum Gasteiger partial charge on any atom is 0.271 e. The van der Waals surface area contributed by atoms with Gasteiger partial charge in [0.1, 0.15) is 6.54 Å². The number of nitrogens with one attached hydrogen (secondary N) is 1. The number of nitro benzene ring substituents is 1. The zero-order valence-corrected chi connectivity index (χ0v) is 16.7. The summed E-state index contributed by atoms with van der Waals surface area (Å²) < 4.78 is 25.0. The predicted octanol–water partition coefficient (Wildman–Crippen LogP) is 2.76. The zero-order valence-electron chi connectivity index (χ0n) is 15.2. The van der Waals surface area contributed by atoms with Crippen LogP contribution >= 0.6 is 11.6 Å². The molecular formula is C18H20ClN3O5S. The summed E-state index contributed by atoms with van der Waals surface area (Å²) in [6, 6.07) is 12.5. The van der Waals surface area contributed by atoms with Gasteiger partial charge in [-0.3, -0.25) is 19.2 Å². The Morgan fingerprint density at radius 1 is 1.21 bits per heavy atom. The fourth-order valence-electron chi connectivity index (χ4n) is 2.52. The maximum absolute atomic E-state index is 12.2. The van der Waals surface area contributed by atoms with Gasteiger partial charge in [-0.1, -0.05) is 29.8 Å². The molecule has 0 saturated heterocycles. The molecule has 28 heavy (non-hydrogen) atoms. The lowest BCUT2D eigenvalue weighted by molar-refractivity contribution is -0.384. The first-order chi connectivity index (χ1) is 13.2. The van der Waals surface area contributed by atoms with Gasteiger partial charge in [0, 0.05) is 23.7 Å². The molecule has 8 nitrogen and oxygen atoms in total. The molecule has 2 aromatic carbocycles. The van der Waals surface area contributed by atoms with Gasteiger partial charge in [-0.05, 0) is 36.6 Å². The van der Waals surface area contributed by atoms with Gasteiger partial charge in [-0.15, -0.1) is 0 Å². The Morgan fingerprint density at radius 2 is 1.89 bits per heavy atom. The Bertz CT molecular complexity index is 948. The highest BCUT2D eigenvalue weighted by Crippen LogP contribution is 2.22. The number of halogens is 1. The van der Waals surface area contributed by atoms with Gasteiger partial charge in [0.05, 0.1) is 16.9 Å². The third-order valence-electron chi connectivity index (χ3n) is 3.89. The lowest BCUT2D eigenvalue weighted by Crippen LogP contribution is -2.40. The number of non-ortho nitro benzene ring substituents is 1. The summed E-state index contributed by atoms with van der Waals surface area (Å²) in [4.78, 5) is 22.5. The summed E-state index contributed by atoms with van der Waals surface area (Å²) in [6.07, 6.45) is 2.35. The van der Waals surface area contributed by atoms with E-state index in [2.05, 4.69) is 5.32 Å². The molecule has 150 valence electrons. The van der Waals surface area contributed by atoms with Crippen molar-refractivity contribution in [2.45, 2.75) is 12.8 Å². The number of amides is 1. The number of carbonyl (C=O) groups excluding carboxylic acids is 1. The molecule has 0 atom stereocenters. The van der Waals surface area contributed by atoms with Gasteiger partial charge >= 0.3 is 0 Å². The molecule has 1 amide bonds. The molecule has 0 unspecified atom stereocenters. The molecule has 10 heteroatoms. The van der Waals surface area contributed by atoms with E-state index < -0.39 is 27.4 Å². The van der Waals surface area contributed by atoms with E-state index in [1.165, 1.54) is 18.2 Å². The quantitative estimate of drug-likeness (QED) is 0.377. The minimum atomic E-state index is -3.80. The number of carbonyl (C=O) groups is 1.